The molecule has 2 atom stereocenters. The largest absolute Gasteiger partial charge is 0.471 e. The molecule has 0 aromatic heterocycles. The van der Waals surface area contributed by atoms with Crippen LogP contribution in [0.3, 0.4) is 0 Å². The minimum absolute atomic E-state index is 0.0684. The van der Waals surface area contributed by atoms with Gasteiger partial charge >= 0.3 is 11.9 Å². The summed E-state index contributed by atoms with van der Waals surface area (Å²) in [5.74, 6) is 0.0554. The molecule has 3 rings (SSSR count). The number of rotatable bonds is 6. The van der Waals surface area contributed by atoms with Crippen LogP contribution in [0.5, 0.6) is 0 Å². The van der Waals surface area contributed by atoms with Crippen molar-refractivity contribution in [3.05, 3.63) is 34.9 Å². The lowest BCUT2D eigenvalue weighted by molar-refractivity contribution is 0.0310. The summed E-state index contributed by atoms with van der Waals surface area (Å²) in [7, 11) is 0. The third-order valence-corrected chi connectivity index (χ3v) is 6.36. The smallest absolute Gasteiger partial charge is 0.339 e. The molecule has 2 unspecified atom stereocenters. The number of hydrogen-bond donors (Lipinski definition) is 0. The Hall–Kier alpha value is -1.36. The first kappa shape index (κ1) is 20.4. The van der Waals surface area contributed by atoms with Crippen LogP contribution in [0.25, 0.3) is 0 Å². The van der Waals surface area contributed by atoms with Crippen molar-refractivity contribution >= 4 is 68.7 Å². The number of carbonyl (C=O) groups excluding carboxylic acids is 2. The van der Waals surface area contributed by atoms with Gasteiger partial charge in [0, 0.05) is 11.5 Å². The van der Waals surface area contributed by atoms with E-state index in [0.717, 1.165) is 5.56 Å². The number of ether oxygens (including phenoxy) is 4. The van der Waals surface area contributed by atoms with Crippen molar-refractivity contribution in [1.82, 2.24) is 0 Å². The van der Waals surface area contributed by atoms with Crippen molar-refractivity contribution in [1.29, 1.82) is 0 Å². The van der Waals surface area contributed by atoms with Gasteiger partial charge < -0.3 is 18.9 Å². The second-order valence-corrected chi connectivity index (χ2v) is 9.09. The summed E-state index contributed by atoms with van der Waals surface area (Å²) in [6, 6.07) is 4.89. The summed E-state index contributed by atoms with van der Waals surface area (Å²) in [4.78, 5) is 24.9. The van der Waals surface area contributed by atoms with Crippen molar-refractivity contribution in [2.75, 3.05) is 24.7 Å². The molecular weight excluding hydrogens is 428 g/mol. The van der Waals surface area contributed by atoms with E-state index in [4.69, 9.17) is 43.4 Å². The number of esters is 2. The minimum Gasteiger partial charge on any atom is -0.471 e. The molecule has 0 saturated carbocycles. The van der Waals surface area contributed by atoms with Gasteiger partial charge in [0.25, 0.3) is 0 Å². The number of aryl methyl sites for hydroxylation is 1. The van der Waals surface area contributed by atoms with Gasteiger partial charge in [0.05, 0.1) is 11.1 Å². The van der Waals surface area contributed by atoms with Gasteiger partial charge in [-0.1, -0.05) is 35.2 Å². The van der Waals surface area contributed by atoms with E-state index >= 15 is 0 Å². The maximum absolute atomic E-state index is 12.5. The Balaban J connectivity index is 1.62. The number of thiocarbonyl (C=S) groups is 2. The van der Waals surface area contributed by atoms with Gasteiger partial charge in [0.2, 0.25) is 8.77 Å². The van der Waals surface area contributed by atoms with Crippen LogP contribution in [-0.4, -0.2) is 57.6 Å². The SMILES string of the molecule is Cc1ccc(C(=O)OCC2CSC(=S)O2)c(C(=O)OCC2CSC(=S)O2)c1. The van der Waals surface area contributed by atoms with Crippen molar-refractivity contribution in [3.63, 3.8) is 0 Å². The van der Waals surface area contributed by atoms with Crippen LogP contribution in [0.1, 0.15) is 26.3 Å². The van der Waals surface area contributed by atoms with E-state index in [2.05, 4.69) is 0 Å². The quantitative estimate of drug-likeness (QED) is 0.483. The molecule has 27 heavy (non-hydrogen) atoms. The highest BCUT2D eigenvalue weighted by molar-refractivity contribution is 8.23. The normalized spacial score (nSPS) is 21.5. The average molecular weight is 445 g/mol. The first-order valence-electron chi connectivity index (χ1n) is 8.04. The Labute approximate surface area is 175 Å². The Morgan fingerprint density at radius 3 is 2.00 bits per heavy atom. The molecule has 6 nitrogen and oxygen atoms in total. The van der Waals surface area contributed by atoms with Crippen LogP contribution in [0.15, 0.2) is 18.2 Å². The van der Waals surface area contributed by atoms with Gasteiger partial charge in [-0.15, -0.1) is 0 Å². The number of hydrogen-bond acceptors (Lipinski definition) is 10. The Morgan fingerprint density at radius 1 is 1.00 bits per heavy atom. The van der Waals surface area contributed by atoms with Gasteiger partial charge in [0.15, 0.2) is 0 Å². The zero-order valence-electron chi connectivity index (χ0n) is 14.3. The van der Waals surface area contributed by atoms with E-state index < -0.39 is 11.9 Å². The molecule has 144 valence electrons. The van der Waals surface area contributed by atoms with Gasteiger partial charge in [-0.05, 0) is 43.5 Å². The molecule has 2 aliphatic rings. The predicted molar refractivity (Wildman–Crippen MR) is 112 cm³/mol. The third kappa shape index (κ3) is 5.56. The Morgan fingerprint density at radius 2 is 1.52 bits per heavy atom. The van der Waals surface area contributed by atoms with Crippen LogP contribution in [0, 0.1) is 6.92 Å². The zero-order valence-corrected chi connectivity index (χ0v) is 17.6. The zero-order chi connectivity index (χ0) is 19.4. The standard InChI is InChI=1S/C17H16O6S4/c1-9-2-3-12(14(18)20-5-10-7-26-16(24)22-10)13(4-9)15(19)21-6-11-8-27-17(25)23-11/h2-4,10-11H,5-8H2,1H3. The summed E-state index contributed by atoms with van der Waals surface area (Å²) in [5.41, 5.74) is 1.13. The molecule has 10 heteroatoms. The third-order valence-electron chi connectivity index (χ3n) is 3.72. The predicted octanol–water partition coefficient (Wildman–Crippen LogP) is 3.14. The topological polar surface area (TPSA) is 71.1 Å². The summed E-state index contributed by atoms with van der Waals surface area (Å²) >= 11 is 12.7. The van der Waals surface area contributed by atoms with E-state index in [1.807, 2.05) is 6.92 Å². The lowest BCUT2D eigenvalue weighted by atomic mass is 10.0. The molecule has 0 bridgehead atoms. The molecule has 0 N–H and O–H groups in total. The van der Waals surface area contributed by atoms with Gasteiger partial charge in [0.1, 0.15) is 25.4 Å². The van der Waals surface area contributed by atoms with Crippen molar-refractivity contribution in [2.45, 2.75) is 19.1 Å². The molecule has 0 aliphatic carbocycles. The lowest BCUT2D eigenvalue weighted by Crippen LogP contribution is -2.24. The van der Waals surface area contributed by atoms with Crippen LogP contribution >= 0.6 is 48.0 Å². The fourth-order valence-electron chi connectivity index (χ4n) is 2.39. The summed E-state index contributed by atoms with van der Waals surface area (Å²) in [5, 5.41) is 0. The van der Waals surface area contributed by atoms with Gasteiger partial charge in [-0.3, -0.25) is 0 Å². The lowest BCUT2D eigenvalue weighted by Gasteiger charge is -2.14. The van der Waals surface area contributed by atoms with Gasteiger partial charge in [-0.25, -0.2) is 9.59 Å². The summed E-state index contributed by atoms with van der Waals surface area (Å²) < 4.78 is 22.2. The van der Waals surface area contributed by atoms with Crippen LogP contribution in [-0.2, 0) is 18.9 Å². The molecule has 0 spiro atoms. The van der Waals surface area contributed by atoms with Crippen LogP contribution in [0.4, 0.5) is 0 Å². The molecule has 2 heterocycles. The fourth-order valence-corrected chi connectivity index (χ4v) is 4.45. The summed E-state index contributed by atoms with van der Waals surface area (Å²) in [6.45, 7) is 1.96. The number of thioether (sulfide) groups is 2. The van der Waals surface area contributed by atoms with E-state index in [-0.39, 0.29) is 36.5 Å². The molecule has 1 aromatic carbocycles. The Kier molecular flexibility index (Phi) is 6.96. The minimum atomic E-state index is -0.609. The fraction of sp³-hybridized carbons (Fsp3) is 0.412. The highest BCUT2D eigenvalue weighted by Crippen LogP contribution is 2.22. The maximum Gasteiger partial charge on any atom is 0.339 e. The summed E-state index contributed by atoms with van der Waals surface area (Å²) in [6.07, 6.45) is -0.541. The van der Waals surface area contributed by atoms with Crippen molar-refractivity contribution in [3.8, 4) is 0 Å². The second-order valence-electron chi connectivity index (χ2n) is 5.85. The highest BCUT2D eigenvalue weighted by Gasteiger charge is 2.27. The molecular formula is C17H16O6S4. The maximum atomic E-state index is 12.5. The first-order chi connectivity index (χ1) is 12.9. The molecule has 0 amide bonds. The average Bonchev–Trinajstić information content (AvgIpc) is 3.25. The first-order valence-corrected chi connectivity index (χ1v) is 10.8. The molecule has 1 aromatic rings. The monoisotopic (exact) mass is 444 g/mol. The molecule has 0 radical (unpaired) electrons. The Bertz CT molecular complexity index is 781. The second kappa shape index (κ2) is 9.22. The van der Waals surface area contributed by atoms with E-state index in [1.165, 1.54) is 23.5 Å². The molecule has 2 fully saturated rings. The van der Waals surface area contributed by atoms with E-state index in [1.54, 1.807) is 18.2 Å². The van der Waals surface area contributed by atoms with Crippen LogP contribution in [0.2, 0.25) is 0 Å². The molecule has 2 aliphatic heterocycles. The highest BCUT2D eigenvalue weighted by atomic mass is 32.2. The van der Waals surface area contributed by atoms with E-state index in [0.29, 0.717) is 20.3 Å². The van der Waals surface area contributed by atoms with E-state index in [9.17, 15) is 9.59 Å². The number of carbonyl (C=O) groups is 2. The van der Waals surface area contributed by atoms with Crippen molar-refractivity contribution < 1.29 is 28.5 Å². The van der Waals surface area contributed by atoms with Crippen molar-refractivity contribution in [2.24, 2.45) is 0 Å². The number of benzene rings is 1. The van der Waals surface area contributed by atoms with Crippen LogP contribution < -0.4 is 0 Å². The van der Waals surface area contributed by atoms with Gasteiger partial charge in [-0.2, -0.15) is 0 Å². The molecule has 2 saturated heterocycles.